The van der Waals surface area contributed by atoms with Crippen molar-refractivity contribution in [1.82, 2.24) is 5.48 Å². The van der Waals surface area contributed by atoms with Crippen LogP contribution in [0.15, 0.2) is 12.2 Å². The zero-order chi connectivity index (χ0) is 7.28. The second kappa shape index (κ2) is 4.05. The first kappa shape index (κ1) is 8.13. The first-order valence-electron chi connectivity index (χ1n) is 2.37. The molecule has 0 fully saturated rings. The summed E-state index contributed by atoms with van der Waals surface area (Å²) in [6.07, 6.45) is 0. The number of carbonyl (C=O) groups is 1. The van der Waals surface area contributed by atoms with Gasteiger partial charge in [-0.2, -0.15) is 0 Å². The van der Waals surface area contributed by atoms with Crippen LogP contribution in [0.1, 0.15) is 6.92 Å². The minimum absolute atomic E-state index is 0.337. The number of hydrogen-bond donors (Lipinski definition) is 2. The lowest BCUT2D eigenvalue weighted by Gasteiger charge is -1.99. The molecule has 0 atom stereocenters. The molecular weight excluding hydrogens is 122 g/mol. The molecule has 1 amide bonds. The average molecular weight is 131 g/mol. The maximum absolute atomic E-state index is 10.5. The molecule has 0 aromatic carbocycles. The van der Waals surface area contributed by atoms with Crippen LogP contribution in [0, 0.1) is 0 Å². The van der Waals surface area contributed by atoms with Gasteiger partial charge in [-0.05, 0) is 6.92 Å². The lowest BCUT2D eigenvalue weighted by atomic mass is 10.3. The van der Waals surface area contributed by atoms with Gasteiger partial charge >= 0.3 is 0 Å². The summed E-state index contributed by atoms with van der Waals surface area (Å²) >= 11 is 0. The van der Waals surface area contributed by atoms with Gasteiger partial charge in [-0.25, -0.2) is 10.3 Å². The summed E-state index contributed by atoms with van der Waals surface area (Å²) in [5.41, 5.74) is 2.28. The van der Waals surface area contributed by atoms with Gasteiger partial charge in [-0.15, -0.1) is 0 Å². The van der Waals surface area contributed by atoms with E-state index in [4.69, 9.17) is 5.11 Å². The van der Waals surface area contributed by atoms with E-state index in [0.29, 0.717) is 5.57 Å². The van der Waals surface area contributed by atoms with Gasteiger partial charge in [0.25, 0.3) is 5.91 Å². The Morgan fingerprint density at radius 2 is 2.44 bits per heavy atom. The van der Waals surface area contributed by atoms with Crippen LogP contribution in [0.5, 0.6) is 0 Å². The third kappa shape index (κ3) is 3.69. The van der Waals surface area contributed by atoms with E-state index in [1.807, 2.05) is 5.48 Å². The van der Waals surface area contributed by atoms with Gasteiger partial charge in [0, 0.05) is 5.57 Å². The molecule has 9 heavy (non-hydrogen) atoms. The largest absolute Gasteiger partial charge is 0.368 e. The van der Waals surface area contributed by atoms with Crippen LogP contribution in [0.25, 0.3) is 0 Å². The Bertz CT molecular complexity index is 121. The Labute approximate surface area is 53.1 Å². The van der Waals surface area contributed by atoms with Crippen LogP contribution >= 0.6 is 0 Å². The molecule has 0 heterocycles. The number of carbonyl (C=O) groups excluding carboxylic acids is 1. The molecule has 0 aliphatic carbocycles. The summed E-state index contributed by atoms with van der Waals surface area (Å²) in [7, 11) is 0. The Kier molecular flexibility index (Phi) is 3.66. The van der Waals surface area contributed by atoms with E-state index in [0.717, 1.165) is 0 Å². The maximum atomic E-state index is 10.5. The van der Waals surface area contributed by atoms with Crippen molar-refractivity contribution in [3.05, 3.63) is 12.2 Å². The summed E-state index contributed by atoms with van der Waals surface area (Å²) in [5.74, 6) is -0.427. The van der Waals surface area contributed by atoms with Crippen LogP contribution in [0.2, 0.25) is 0 Å². The van der Waals surface area contributed by atoms with Crippen molar-refractivity contribution in [2.75, 3.05) is 6.79 Å². The summed E-state index contributed by atoms with van der Waals surface area (Å²) in [5, 5.41) is 8.03. The van der Waals surface area contributed by atoms with Crippen molar-refractivity contribution in [3.8, 4) is 0 Å². The molecular formula is C5H9NO3. The van der Waals surface area contributed by atoms with Crippen LogP contribution in [0.4, 0.5) is 0 Å². The summed E-state index contributed by atoms with van der Waals surface area (Å²) in [4.78, 5) is 14.6. The van der Waals surface area contributed by atoms with Gasteiger partial charge in [-0.3, -0.25) is 4.79 Å². The molecule has 2 N–H and O–H groups in total. The molecule has 0 aliphatic heterocycles. The van der Waals surface area contributed by atoms with E-state index in [1.165, 1.54) is 6.92 Å². The fourth-order valence-electron chi connectivity index (χ4n) is 0.185. The zero-order valence-electron chi connectivity index (χ0n) is 5.18. The fraction of sp³-hybridized carbons (Fsp3) is 0.400. The topological polar surface area (TPSA) is 58.6 Å². The number of nitrogens with one attached hydrogen (secondary N) is 1. The van der Waals surface area contributed by atoms with Crippen molar-refractivity contribution in [2.24, 2.45) is 0 Å². The molecule has 0 saturated heterocycles. The van der Waals surface area contributed by atoms with Gasteiger partial charge in [0.15, 0.2) is 6.79 Å². The van der Waals surface area contributed by atoms with Crippen molar-refractivity contribution in [2.45, 2.75) is 6.92 Å². The van der Waals surface area contributed by atoms with Gasteiger partial charge in [0.2, 0.25) is 0 Å². The maximum Gasteiger partial charge on any atom is 0.269 e. The van der Waals surface area contributed by atoms with Crippen molar-refractivity contribution in [3.63, 3.8) is 0 Å². The second-order valence-electron chi connectivity index (χ2n) is 1.48. The molecule has 4 nitrogen and oxygen atoms in total. The standard InChI is InChI=1S/C5H9NO3/c1-4(2)5(8)6-9-3-7/h7H,1,3H2,2H3,(H,6,8). The monoisotopic (exact) mass is 131 g/mol. The van der Waals surface area contributed by atoms with Crippen LogP contribution < -0.4 is 5.48 Å². The molecule has 0 rings (SSSR count). The Morgan fingerprint density at radius 3 is 2.78 bits per heavy atom. The smallest absolute Gasteiger partial charge is 0.269 e. The molecule has 0 radical (unpaired) electrons. The van der Waals surface area contributed by atoms with Crippen LogP contribution in [-0.4, -0.2) is 17.8 Å². The van der Waals surface area contributed by atoms with Crippen LogP contribution in [0.3, 0.4) is 0 Å². The van der Waals surface area contributed by atoms with E-state index in [2.05, 4.69) is 11.4 Å². The lowest BCUT2D eigenvalue weighted by molar-refractivity contribution is -0.137. The van der Waals surface area contributed by atoms with Crippen molar-refractivity contribution in [1.29, 1.82) is 0 Å². The van der Waals surface area contributed by atoms with Gasteiger partial charge in [-0.1, -0.05) is 6.58 Å². The highest BCUT2D eigenvalue weighted by atomic mass is 16.7. The molecule has 0 saturated carbocycles. The summed E-state index contributed by atoms with van der Waals surface area (Å²) in [6, 6.07) is 0. The quantitative estimate of drug-likeness (QED) is 0.310. The van der Waals surface area contributed by atoms with E-state index in [1.54, 1.807) is 0 Å². The Hall–Kier alpha value is -0.870. The number of amides is 1. The Morgan fingerprint density at radius 1 is 1.89 bits per heavy atom. The molecule has 0 aliphatic rings. The predicted octanol–water partition coefficient (Wildman–Crippen LogP) is -0.440. The highest BCUT2D eigenvalue weighted by Gasteiger charge is 1.97. The first-order valence-corrected chi connectivity index (χ1v) is 2.37. The molecule has 0 unspecified atom stereocenters. The molecule has 4 heteroatoms. The highest BCUT2D eigenvalue weighted by molar-refractivity contribution is 5.91. The number of aliphatic hydroxyl groups is 1. The zero-order valence-corrected chi connectivity index (χ0v) is 5.18. The number of hydroxylamine groups is 1. The molecule has 0 spiro atoms. The minimum atomic E-state index is -0.529. The van der Waals surface area contributed by atoms with E-state index >= 15 is 0 Å². The Balaban J connectivity index is 3.39. The molecule has 0 bridgehead atoms. The summed E-state index contributed by atoms with van der Waals surface area (Å²) < 4.78 is 0. The third-order valence-electron chi connectivity index (χ3n) is 0.617. The number of hydrogen-bond acceptors (Lipinski definition) is 3. The van der Waals surface area contributed by atoms with Gasteiger partial charge < -0.3 is 5.11 Å². The van der Waals surface area contributed by atoms with Crippen molar-refractivity contribution < 1.29 is 14.7 Å². The van der Waals surface area contributed by atoms with E-state index < -0.39 is 12.7 Å². The SMILES string of the molecule is C=C(C)C(=O)NOCO. The number of rotatable bonds is 3. The number of aliphatic hydroxyl groups excluding tert-OH is 1. The van der Waals surface area contributed by atoms with Crippen molar-refractivity contribution >= 4 is 5.91 Å². The molecule has 0 aromatic rings. The van der Waals surface area contributed by atoms with Gasteiger partial charge in [0.05, 0.1) is 0 Å². The first-order chi connectivity index (χ1) is 4.18. The van der Waals surface area contributed by atoms with Gasteiger partial charge in [0.1, 0.15) is 0 Å². The molecule has 52 valence electrons. The second-order valence-corrected chi connectivity index (χ2v) is 1.48. The summed E-state index contributed by atoms with van der Waals surface area (Å²) in [6.45, 7) is 4.34. The van der Waals surface area contributed by atoms with E-state index in [9.17, 15) is 4.79 Å². The lowest BCUT2D eigenvalue weighted by Crippen LogP contribution is -2.24. The third-order valence-corrected chi connectivity index (χ3v) is 0.617. The van der Waals surface area contributed by atoms with Crippen LogP contribution in [-0.2, 0) is 9.63 Å². The fourth-order valence-corrected chi connectivity index (χ4v) is 0.185. The predicted molar refractivity (Wildman–Crippen MR) is 31.1 cm³/mol. The average Bonchev–Trinajstić information content (AvgIpc) is 1.82. The molecule has 0 aromatic heterocycles. The van der Waals surface area contributed by atoms with E-state index in [-0.39, 0.29) is 0 Å². The highest BCUT2D eigenvalue weighted by Crippen LogP contribution is 1.83. The minimum Gasteiger partial charge on any atom is -0.368 e. The normalized spacial score (nSPS) is 8.67.